The third-order valence-electron chi connectivity index (χ3n) is 3.53. The fourth-order valence-electron chi connectivity index (χ4n) is 2.52. The smallest absolute Gasteiger partial charge is 0.198 e. The van der Waals surface area contributed by atoms with E-state index in [9.17, 15) is 0 Å². The molecule has 0 aromatic carbocycles. The Morgan fingerprint density at radius 1 is 1.31 bits per heavy atom. The van der Waals surface area contributed by atoms with Crippen LogP contribution in [-0.4, -0.2) is 31.3 Å². The summed E-state index contributed by atoms with van der Waals surface area (Å²) < 4.78 is 11.1. The summed E-state index contributed by atoms with van der Waals surface area (Å²) in [4.78, 5) is 4.63. The number of hydrogen-bond acceptors (Lipinski definition) is 4. The van der Waals surface area contributed by atoms with Crippen LogP contribution in [0, 0.1) is 0 Å². The van der Waals surface area contributed by atoms with Crippen LogP contribution < -0.4 is 5.32 Å². The Labute approximate surface area is 95.4 Å². The lowest BCUT2D eigenvalue weighted by Gasteiger charge is -2.19. The molecule has 88 valence electrons. The largest absolute Gasteiger partial charge is 0.448 e. The number of ether oxygens (including phenoxy) is 1. The number of rotatable bonds is 2. The van der Waals surface area contributed by atoms with E-state index < -0.39 is 0 Å². The molecule has 2 saturated heterocycles. The van der Waals surface area contributed by atoms with Crippen LogP contribution in [-0.2, 0) is 4.74 Å². The summed E-state index contributed by atoms with van der Waals surface area (Å²) in [6.07, 6.45) is 5.28. The number of nitrogens with one attached hydrogen (secondary N) is 1. The molecule has 2 aliphatic rings. The van der Waals surface area contributed by atoms with Crippen molar-refractivity contribution in [2.75, 3.05) is 26.3 Å². The molecule has 4 nitrogen and oxygen atoms in total. The van der Waals surface area contributed by atoms with Crippen LogP contribution >= 0.6 is 0 Å². The van der Waals surface area contributed by atoms with E-state index in [0.29, 0.717) is 11.8 Å². The second kappa shape index (κ2) is 4.55. The number of nitrogens with zero attached hydrogens (tertiary/aromatic N) is 1. The van der Waals surface area contributed by atoms with Gasteiger partial charge in [-0.2, -0.15) is 0 Å². The Morgan fingerprint density at radius 2 is 2.31 bits per heavy atom. The van der Waals surface area contributed by atoms with Gasteiger partial charge < -0.3 is 14.5 Å². The number of hydrogen-bond donors (Lipinski definition) is 1. The molecule has 4 heteroatoms. The molecule has 2 unspecified atom stereocenters. The molecule has 3 heterocycles. The molecular weight excluding hydrogens is 204 g/mol. The predicted octanol–water partition coefficient (Wildman–Crippen LogP) is 1.65. The molecule has 2 fully saturated rings. The monoisotopic (exact) mass is 222 g/mol. The number of oxazole rings is 1. The maximum Gasteiger partial charge on any atom is 0.198 e. The van der Waals surface area contributed by atoms with Crippen LogP contribution in [0.4, 0.5) is 0 Å². The van der Waals surface area contributed by atoms with Gasteiger partial charge in [-0.1, -0.05) is 0 Å². The Bertz CT molecular complexity index is 339. The first-order valence-electron chi connectivity index (χ1n) is 6.17. The first kappa shape index (κ1) is 10.3. The highest BCUT2D eigenvalue weighted by Crippen LogP contribution is 2.28. The van der Waals surface area contributed by atoms with Crippen molar-refractivity contribution in [2.24, 2.45) is 0 Å². The third kappa shape index (κ3) is 1.99. The van der Waals surface area contributed by atoms with Gasteiger partial charge in [0, 0.05) is 25.0 Å². The Morgan fingerprint density at radius 3 is 3.06 bits per heavy atom. The maximum atomic E-state index is 5.60. The van der Waals surface area contributed by atoms with Gasteiger partial charge in [0.15, 0.2) is 5.89 Å². The SMILES string of the molecule is c1oc(C2CCNC2)nc1C1CCCOC1. The molecule has 0 saturated carbocycles. The average molecular weight is 222 g/mol. The van der Waals surface area contributed by atoms with Crippen LogP contribution in [0.25, 0.3) is 0 Å². The highest BCUT2D eigenvalue weighted by atomic mass is 16.5. The van der Waals surface area contributed by atoms with Gasteiger partial charge in [-0.3, -0.25) is 0 Å². The van der Waals surface area contributed by atoms with Crippen molar-refractivity contribution in [3.8, 4) is 0 Å². The highest BCUT2D eigenvalue weighted by molar-refractivity contribution is 5.08. The second-order valence-corrected chi connectivity index (χ2v) is 4.71. The topological polar surface area (TPSA) is 47.3 Å². The van der Waals surface area contributed by atoms with Gasteiger partial charge in [0.2, 0.25) is 0 Å². The van der Waals surface area contributed by atoms with Gasteiger partial charge in [-0.15, -0.1) is 0 Å². The first-order chi connectivity index (χ1) is 7.93. The molecule has 0 bridgehead atoms. The highest BCUT2D eigenvalue weighted by Gasteiger charge is 2.24. The van der Waals surface area contributed by atoms with Crippen molar-refractivity contribution >= 4 is 0 Å². The summed E-state index contributed by atoms with van der Waals surface area (Å²) in [6, 6.07) is 0. The van der Waals surface area contributed by atoms with Crippen LogP contribution in [0.2, 0.25) is 0 Å². The molecule has 1 aromatic rings. The summed E-state index contributed by atoms with van der Waals surface area (Å²) in [5.41, 5.74) is 1.08. The van der Waals surface area contributed by atoms with E-state index >= 15 is 0 Å². The zero-order valence-corrected chi connectivity index (χ0v) is 9.45. The van der Waals surface area contributed by atoms with E-state index in [1.807, 2.05) is 6.26 Å². The average Bonchev–Trinajstić information content (AvgIpc) is 3.01. The maximum absolute atomic E-state index is 5.60. The Kier molecular flexibility index (Phi) is 2.93. The van der Waals surface area contributed by atoms with Crippen molar-refractivity contribution in [1.29, 1.82) is 0 Å². The second-order valence-electron chi connectivity index (χ2n) is 4.71. The van der Waals surface area contributed by atoms with E-state index in [-0.39, 0.29) is 0 Å². The van der Waals surface area contributed by atoms with Gasteiger partial charge in [0.25, 0.3) is 0 Å². The van der Waals surface area contributed by atoms with Gasteiger partial charge in [-0.25, -0.2) is 4.98 Å². The minimum atomic E-state index is 0.445. The predicted molar refractivity (Wildman–Crippen MR) is 59.5 cm³/mol. The van der Waals surface area contributed by atoms with Gasteiger partial charge in [-0.05, 0) is 25.8 Å². The summed E-state index contributed by atoms with van der Waals surface area (Å²) >= 11 is 0. The summed E-state index contributed by atoms with van der Waals surface area (Å²) in [5.74, 6) is 1.82. The zero-order chi connectivity index (χ0) is 10.8. The Hall–Kier alpha value is -0.870. The molecule has 0 aliphatic carbocycles. The molecule has 0 spiro atoms. The molecule has 1 aromatic heterocycles. The van der Waals surface area contributed by atoms with Crippen LogP contribution in [0.1, 0.15) is 42.7 Å². The van der Waals surface area contributed by atoms with Crippen molar-refractivity contribution in [3.63, 3.8) is 0 Å². The minimum absolute atomic E-state index is 0.445. The lowest BCUT2D eigenvalue weighted by atomic mass is 9.99. The van der Waals surface area contributed by atoms with E-state index in [4.69, 9.17) is 9.15 Å². The standard InChI is InChI=1S/C12H18N2O2/c1-2-10(7-15-5-1)11-8-16-12(14-11)9-3-4-13-6-9/h8-10,13H,1-7H2. The fourth-order valence-corrected chi connectivity index (χ4v) is 2.52. The van der Waals surface area contributed by atoms with E-state index in [1.54, 1.807) is 0 Å². The normalized spacial score (nSPS) is 30.8. The zero-order valence-electron chi connectivity index (χ0n) is 9.45. The molecule has 16 heavy (non-hydrogen) atoms. The quantitative estimate of drug-likeness (QED) is 0.826. The fraction of sp³-hybridized carbons (Fsp3) is 0.750. The lowest BCUT2D eigenvalue weighted by molar-refractivity contribution is 0.0792. The first-order valence-corrected chi connectivity index (χ1v) is 6.17. The molecule has 2 atom stereocenters. The van der Waals surface area contributed by atoms with Crippen LogP contribution in [0.3, 0.4) is 0 Å². The van der Waals surface area contributed by atoms with Crippen molar-refractivity contribution < 1.29 is 9.15 Å². The Balaban J connectivity index is 1.71. The molecular formula is C12H18N2O2. The van der Waals surface area contributed by atoms with E-state index in [2.05, 4.69) is 10.3 Å². The molecule has 2 aliphatic heterocycles. The summed E-state index contributed by atoms with van der Waals surface area (Å²) in [6.45, 7) is 3.78. The van der Waals surface area contributed by atoms with Crippen molar-refractivity contribution in [3.05, 3.63) is 17.8 Å². The minimum Gasteiger partial charge on any atom is -0.448 e. The molecule has 3 rings (SSSR count). The molecule has 0 amide bonds. The van der Waals surface area contributed by atoms with Crippen molar-refractivity contribution in [2.45, 2.75) is 31.1 Å². The lowest BCUT2D eigenvalue weighted by Crippen LogP contribution is -2.16. The van der Waals surface area contributed by atoms with Crippen molar-refractivity contribution in [1.82, 2.24) is 10.3 Å². The van der Waals surface area contributed by atoms with E-state index in [1.165, 1.54) is 6.42 Å². The van der Waals surface area contributed by atoms with Gasteiger partial charge in [0.1, 0.15) is 6.26 Å². The summed E-state index contributed by atoms with van der Waals surface area (Å²) in [7, 11) is 0. The van der Waals surface area contributed by atoms with E-state index in [0.717, 1.165) is 50.7 Å². The third-order valence-corrected chi connectivity index (χ3v) is 3.53. The van der Waals surface area contributed by atoms with Crippen LogP contribution in [0.15, 0.2) is 10.7 Å². The number of aromatic nitrogens is 1. The van der Waals surface area contributed by atoms with Gasteiger partial charge in [0.05, 0.1) is 12.3 Å². The summed E-state index contributed by atoms with van der Waals surface area (Å²) in [5, 5.41) is 3.33. The molecule has 0 radical (unpaired) electrons. The van der Waals surface area contributed by atoms with Gasteiger partial charge >= 0.3 is 0 Å². The van der Waals surface area contributed by atoms with Crippen LogP contribution in [0.5, 0.6) is 0 Å². The molecule has 1 N–H and O–H groups in total.